The van der Waals surface area contributed by atoms with Gasteiger partial charge in [0, 0.05) is 46.5 Å². The molecule has 0 saturated heterocycles. The number of anilines is 2. The normalized spacial score (nSPS) is 12.0. The van der Waals surface area contributed by atoms with E-state index in [1.165, 1.54) is 34.6 Å². The highest BCUT2D eigenvalue weighted by molar-refractivity contribution is 9.10. The fourth-order valence-corrected chi connectivity index (χ4v) is 14.9. The number of H-pyrrole nitrogens is 1. The molecule has 576 valence electrons. The van der Waals surface area contributed by atoms with E-state index in [1.807, 2.05) is 144 Å². The third-order valence-corrected chi connectivity index (χ3v) is 20.4. The van der Waals surface area contributed by atoms with Crippen LogP contribution in [0.15, 0.2) is 277 Å². The molecule has 1 unspecified atom stereocenters. The van der Waals surface area contributed by atoms with E-state index in [0.717, 1.165) is 70.1 Å². The number of nitrogen functional groups attached to an aromatic ring is 1. The van der Waals surface area contributed by atoms with Crippen LogP contribution in [-0.4, -0.2) is 120 Å². The zero-order valence-corrected chi connectivity index (χ0v) is 64.0. The molecule has 8 aromatic heterocycles. The number of fused-ring (bicyclic) bond motifs is 4. The Balaban J connectivity index is 0.000000123. The number of hydrogen-bond acceptors (Lipinski definition) is 21. The largest absolute Gasteiger partial charge is 0.481 e. The molecule has 9 heterocycles. The van der Waals surface area contributed by atoms with Crippen molar-refractivity contribution in [3.63, 3.8) is 0 Å². The number of hydrogen-bond donors (Lipinski definition) is 6. The number of amides is 1. The second-order valence-electron chi connectivity index (χ2n) is 25.1. The first-order valence-corrected chi connectivity index (χ1v) is 37.6. The van der Waals surface area contributed by atoms with Gasteiger partial charge in [0.2, 0.25) is 23.5 Å². The van der Waals surface area contributed by atoms with E-state index in [1.54, 1.807) is 107 Å². The minimum absolute atomic E-state index is 0.0154. The highest BCUT2D eigenvalue weighted by Gasteiger charge is 2.34. The summed E-state index contributed by atoms with van der Waals surface area (Å²) in [5.74, 6) is -3.68. The average Bonchev–Trinajstić information content (AvgIpc) is 1.23. The van der Waals surface area contributed by atoms with Gasteiger partial charge in [0.1, 0.15) is 28.1 Å². The molecule has 17 aromatic rings. The number of thiophene rings is 1. The molecule has 34 heteroatoms. The molecule has 0 bridgehead atoms. The molecule has 1 aliphatic rings. The maximum atomic E-state index is 13.7. The van der Waals surface area contributed by atoms with Crippen molar-refractivity contribution in [1.29, 1.82) is 0 Å². The number of aromatic carboxylic acids is 2. The first-order chi connectivity index (χ1) is 56.2. The van der Waals surface area contributed by atoms with Gasteiger partial charge in [0.25, 0.3) is 22.5 Å². The summed E-state index contributed by atoms with van der Waals surface area (Å²) >= 11 is 12.2. The highest BCUT2D eigenvalue weighted by Crippen LogP contribution is 2.43. The molecule has 0 spiro atoms. The number of aromatic nitrogens is 14. The number of aliphatic carboxylic acids is 1. The summed E-state index contributed by atoms with van der Waals surface area (Å²) in [6.07, 6.45) is 1.77. The predicted octanol–water partition coefficient (Wildman–Crippen LogP) is 14.9. The molecule has 7 N–H and O–H groups in total. The van der Waals surface area contributed by atoms with Crippen molar-refractivity contribution in [3.8, 4) is 79.1 Å². The van der Waals surface area contributed by atoms with Crippen molar-refractivity contribution in [2.75, 3.05) is 17.7 Å². The molecule has 0 aliphatic carbocycles. The number of nitrogens with one attached hydrogen (secondary N) is 2. The van der Waals surface area contributed by atoms with Crippen molar-refractivity contribution in [2.24, 2.45) is 0 Å². The van der Waals surface area contributed by atoms with Gasteiger partial charge in [-0.25, -0.2) is 42.7 Å². The van der Waals surface area contributed by atoms with Gasteiger partial charge in [-0.15, -0.1) is 5.10 Å². The van der Waals surface area contributed by atoms with E-state index in [-0.39, 0.29) is 57.3 Å². The van der Waals surface area contributed by atoms with Crippen molar-refractivity contribution in [1.82, 2.24) is 68.4 Å². The van der Waals surface area contributed by atoms with E-state index < -0.39 is 41.5 Å². The van der Waals surface area contributed by atoms with Gasteiger partial charge in [0.05, 0.1) is 49.8 Å². The van der Waals surface area contributed by atoms with Gasteiger partial charge in [-0.2, -0.15) is 34.7 Å². The van der Waals surface area contributed by atoms with E-state index >= 15 is 0 Å². The summed E-state index contributed by atoms with van der Waals surface area (Å²) in [7, 11) is 0. The zero-order chi connectivity index (χ0) is 81.3. The summed E-state index contributed by atoms with van der Waals surface area (Å²) in [6.45, 7) is 0.770. The molecule has 18 rings (SSSR count). The third-order valence-electron chi connectivity index (χ3n) is 17.8. The number of carbonyl (C=O) groups excluding carboxylic acids is 2. The fraction of sp³-hybridized carbons (Fsp3) is 0.0488. The number of ether oxygens (including phenoxy) is 1. The Morgan fingerprint density at radius 3 is 1.98 bits per heavy atom. The second kappa shape index (κ2) is 34.4. The topological polar surface area (TPSA) is 401 Å². The number of carboxylic acid groups (broad SMARTS) is 3. The summed E-state index contributed by atoms with van der Waals surface area (Å²) in [5.41, 5.74) is 13.9. The second-order valence-corrected chi connectivity index (χ2v) is 27.9. The summed E-state index contributed by atoms with van der Waals surface area (Å²) in [4.78, 5) is 104. The zero-order valence-electron chi connectivity index (χ0n) is 60.0. The molecule has 1 aliphatic heterocycles. The van der Waals surface area contributed by atoms with Crippen molar-refractivity contribution in [2.45, 2.75) is 19.3 Å². The lowest BCUT2D eigenvalue weighted by Crippen LogP contribution is -2.40. The van der Waals surface area contributed by atoms with Gasteiger partial charge in [0.15, 0.2) is 18.0 Å². The fourth-order valence-electron chi connectivity index (χ4n) is 12.5. The molecular formula is C82H57BrClFN16O13S2. The molecular weight excluding hydrogens is 1620 g/mol. The molecule has 1 amide bonds. The first-order valence-electron chi connectivity index (χ1n) is 34.7. The average molecular weight is 1670 g/mol. The number of nitrogens with zero attached hydrogens (tertiary/aromatic N) is 13. The van der Waals surface area contributed by atoms with Gasteiger partial charge >= 0.3 is 17.9 Å². The Bertz CT molecular complexity index is 6750. The first kappa shape index (κ1) is 77.9. The standard InChI is InChI=1S/C29H20ClFN2O3.C16H12N2O3.C15H10N6O3.C11H7BrN4O.C11H8N2O3S2/c30-22-7-4-8-24(16-22)33-27(20-9-12-23(31)13-10-20)17-26(32-33)25-15-21(19-5-2-1-3-6-19)11-14-28(25)36-18-29(34)35;1-11(19)17-15(20)13-9-5-6-10-14(13)16(21)18(17)12-7-3-2-4-8-12;16-13-14(19-24-18-13)21-12(11(15(22)23)17-20-21)10-7-3-5-8-4-1-2-6-9(8)10;12-8-9(7-4-2-1-3-5-7)15-11-13-6-14-16(11)10(8)17;14-7-3-6(5-1-2-17-4-5)10-8(12-7)9(11(15)16)13-18-10/h1-17H,18H2,(H,34,35);2-10H,1H3;1-7H,(H2,16,18)(H,22,23);1-6H,(H,13,14,15);1-2,4,6H,3H2,(H,12,14)(H,15,16). The highest BCUT2D eigenvalue weighted by atomic mass is 79.9. The van der Waals surface area contributed by atoms with Crippen LogP contribution in [0.25, 0.3) is 101 Å². The SMILES string of the molecule is CC(=O)n1c(=O)c2ccccc2c(=O)n1-c1ccccc1.Nc1nonc1-n1nnc(C(=O)O)c1-c1cccc2ccccc12.O=C(O)COc1ccc(-c2ccccc2)cc1-c1cc(-c2ccc(F)cc2)n(-c2cccc(Cl)c2)n1.O=C1CC(c2ccsc2)c2snc(C(=O)O)c2N1.O=c1c(Br)c(-c2ccccc2)nc2nc[nH]n12. The number of carbonyl (C=O) groups is 5. The monoisotopic (exact) mass is 1670 g/mol. The third kappa shape index (κ3) is 16.6. The molecule has 1 atom stereocenters. The molecule has 29 nitrogen and oxygen atoms in total. The molecule has 116 heavy (non-hydrogen) atoms. The molecule has 0 radical (unpaired) electrons. The molecule has 9 aromatic carbocycles. The van der Waals surface area contributed by atoms with Crippen LogP contribution in [0.4, 0.5) is 15.9 Å². The predicted molar refractivity (Wildman–Crippen MR) is 437 cm³/mol. The van der Waals surface area contributed by atoms with Crippen LogP contribution >= 0.6 is 50.4 Å². The van der Waals surface area contributed by atoms with Crippen molar-refractivity contribution < 1.29 is 53.0 Å². The maximum Gasteiger partial charge on any atom is 0.358 e. The number of nitrogens with two attached hydrogens (primary N) is 1. The van der Waals surface area contributed by atoms with Crippen molar-refractivity contribution >= 4 is 119 Å². The lowest BCUT2D eigenvalue weighted by atomic mass is 9.92. The van der Waals surface area contributed by atoms with Crippen LogP contribution in [0.2, 0.25) is 5.02 Å². The number of benzene rings is 9. The minimum Gasteiger partial charge on any atom is -0.481 e. The summed E-state index contributed by atoms with van der Waals surface area (Å²) < 4.78 is 34.4. The van der Waals surface area contributed by atoms with Crippen LogP contribution in [0.3, 0.4) is 0 Å². The van der Waals surface area contributed by atoms with E-state index in [9.17, 15) is 53.0 Å². The van der Waals surface area contributed by atoms with Crippen LogP contribution < -0.4 is 32.5 Å². The Labute approximate surface area is 674 Å². The number of para-hydroxylation sites is 1. The maximum absolute atomic E-state index is 13.7. The van der Waals surface area contributed by atoms with Crippen LogP contribution in [-0.2, 0) is 9.59 Å². The van der Waals surface area contributed by atoms with Gasteiger partial charge < -0.3 is 31.1 Å². The number of halogens is 3. The minimum atomic E-state index is -1.21. The molecule has 0 saturated carbocycles. The Morgan fingerprint density at radius 2 is 1.32 bits per heavy atom. The number of rotatable bonds is 14. The van der Waals surface area contributed by atoms with Gasteiger partial charge in [-0.05, 0) is 167 Å². The van der Waals surface area contributed by atoms with Crippen LogP contribution in [0.1, 0.15) is 55.5 Å². The van der Waals surface area contributed by atoms with Crippen LogP contribution in [0, 0.1) is 5.82 Å². The van der Waals surface area contributed by atoms with E-state index in [2.05, 4.69) is 65.9 Å². The van der Waals surface area contributed by atoms with E-state index in [0.29, 0.717) is 72.4 Å². The molecule has 0 fully saturated rings. The van der Waals surface area contributed by atoms with Crippen LogP contribution in [0.5, 0.6) is 5.75 Å². The lowest BCUT2D eigenvalue weighted by molar-refractivity contribution is -0.139. The number of carboxylic acids is 3. The Morgan fingerprint density at radius 1 is 0.672 bits per heavy atom. The Hall–Kier alpha value is -14.8. The summed E-state index contributed by atoms with van der Waals surface area (Å²) in [6, 6.07) is 70.4. The Kier molecular flexibility index (Phi) is 23.1. The van der Waals surface area contributed by atoms with Crippen molar-refractivity contribution in [3.05, 3.63) is 322 Å². The quantitative estimate of drug-likeness (QED) is 0.0589. The lowest BCUT2D eigenvalue weighted by Gasteiger charge is -2.21. The van der Waals surface area contributed by atoms with Gasteiger partial charge in [-0.1, -0.05) is 162 Å². The smallest absolute Gasteiger partial charge is 0.358 e. The number of aromatic amines is 1. The van der Waals surface area contributed by atoms with E-state index in [4.69, 9.17) is 32.3 Å². The summed E-state index contributed by atoms with van der Waals surface area (Å²) in [5, 5.41) is 59.4. The van der Waals surface area contributed by atoms with Gasteiger partial charge in [-0.3, -0.25) is 29.1 Å².